The van der Waals surface area contributed by atoms with Gasteiger partial charge in [-0.1, -0.05) is 24.3 Å². The summed E-state index contributed by atoms with van der Waals surface area (Å²) in [5, 5.41) is 12.8. The maximum atomic E-state index is 10.7. The number of rotatable bonds is 2. The molecule has 2 rings (SSSR count). The number of hydrogen-bond acceptors (Lipinski definition) is 2. The molecule has 0 fully saturated rings. The second kappa shape index (κ2) is 3.38. The molecule has 0 radical (unpaired) electrons. The summed E-state index contributed by atoms with van der Waals surface area (Å²) in [6.07, 6.45) is 10.5. The topological polar surface area (TPSA) is 55.1 Å². The van der Waals surface area contributed by atoms with Gasteiger partial charge < -0.3 is 5.11 Å². The van der Waals surface area contributed by atoms with E-state index >= 15 is 0 Å². The summed E-state index contributed by atoms with van der Waals surface area (Å²) in [4.78, 5) is 10.7. The molecule has 1 aliphatic rings. The first-order valence-corrected chi connectivity index (χ1v) is 4.76. The summed E-state index contributed by atoms with van der Waals surface area (Å²) in [6.45, 7) is 2.02. The fourth-order valence-electron chi connectivity index (χ4n) is 1.61. The van der Waals surface area contributed by atoms with Crippen LogP contribution in [-0.2, 0) is 5.54 Å². The Bertz CT molecular complexity index is 445. The average Bonchev–Trinajstić information content (AvgIpc) is 2.68. The van der Waals surface area contributed by atoms with Gasteiger partial charge in [0.05, 0.1) is 5.54 Å². The predicted octanol–water partition coefficient (Wildman–Crippen LogP) is 1.81. The first-order chi connectivity index (χ1) is 7.12. The van der Waals surface area contributed by atoms with Crippen LogP contribution in [0.15, 0.2) is 36.6 Å². The Morgan fingerprint density at radius 1 is 1.60 bits per heavy atom. The molecular weight excluding hydrogens is 192 g/mol. The van der Waals surface area contributed by atoms with Crippen molar-refractivity contribution in [2.75, 3.05) is 0 Å². The van der Waals surface area contributed by atoms with Gasteiger partial charge in [0.1, 0.15) is 0 Å². The van der Waals surface area contributed by atoms with Crippen molar-refractivity contribution in [2.24, 2.45) is 0 Å². The van der Waals surface area contributed by atoms with Gasteiger partial charge in [0, 0.05) is 6.20 Å². The SMILES string of the molecule is CC1(n2ccc(C(=O)O)n2)C=CC=CC1. The summed E-state index contributed by atoms with van der Waals surface area (Å²) in [5.74, 6) is -0.993. The third kappa shape index (κ3) is 1.70. The number of carboxylic acids is 1. The third-order valence-electron chi connectivity index (χ3n) is 2.57. The number of allylic oxidation sites excluding steroid dienone is 4. The summed E-state index contributed by atoms with van der Waals surface area (Å²) in [5.41, 5.74) is -0.165. The molecule has 1 unspecified atom stereocenters. The van der Waals surface area contributed by atoms with E-state index in [0.29, 0.717) is 0 Å². The first-order valence-electron chi connectivity index (χ1n) is 4.76. The Morgan fingerprint density at radius 3 is 2.93 bits per heavy atom. The Balaban J connectivity index is 2.33. The van der Waals surface area contributed by atoms with Crippen molar-refractivity contribution in [3.05, 3.63) is 42.3 Å². The van der Waals surface area contributed by atoms with Gasteiger partial charge in [-0.05, 0) is 19.4 Å². The van der Waals surface area contributed by atoms with E-state index in [1.165, 1.54) is 6.07 Å². The monoisotopic (exact) mass is 204 g/mol. The van der Waals surface area contributed by atoms with Crippen LogP contribution in [0.2, 0.25) is 0 Å². The highest BCUT2D eigenvalue weighted by Crippen LogP contribution is 2.25. The number of nitrogens with zero attached hydrogens (tertiary/aromatic N) is 2. The van der Waals surface area contributed by atoms with Crippen LogP contribution >= 0.6 is 0 Å². The van der Waals surface area contributed by atoms with Crippen molar-refractivity contribution in [1.82, 2.24) is 9.78 Å². The second-order valence-corrected chi connectivity index (χ2v) is 3.80. The summed E-state index contributed by atoms with van der Waals surface area (Å²) in [6, 6.07) is 1.51. The van der Waals surface area contributed by atoms with Crippen molar-refractivity contribution in [3.63, 3.8) is 0 Å². The van der Waals surface area contributed by atoms with Crippen LogP contribution in [0.25, 0.3) is 0 Å². The standard InChI is InChI=1S/C11H12N2O2/c1-11(6-3-2-4-7-11)13-8-5-9(12-13)10(14)15/h2-6,8H,7H2,1H3,(H,14,15). The fraction of sp³-hybridized carbons (Fsp3) is 0.273. The van der Waals surface area contributed by atoms with E-state index in [9.17, 15) is 4.79 Å². The molecule has 0 saturated heterocycles. The molecule has 4 nitrogen and oxygen atoms in total. The van der Waals surface area contributed by atoms with Crippen molar-refractivity contribution >= 4 is 5.97 Å². The Hall–Kier alpha value is -1.84. The van der Waals surface area contributed by atoms with Crippen LogP contribution < -0.4 is 0 Å². The molecule has 4 heteroatoms. The molecule has 0 bridgehead atoms. The van der Waals surface area contributed by atoms with E-state index in [1.54, 1.807) is 10.9 Å². The molecule has 15 heavy (non-hydrogen) atoms. The molecule has 78 valence electrons. The lowest BCUT2D eigenvalue weighted by Crippen LogP contribution is -2.29. The van der Waals surface area contributed by atoms with Crippen LogP contribution in [0.5, 0.6) is 0 Å². The molecule has 0 saturated carbocycles. The first kappa shape index (κ1) is 9.71. The number of aromatic nitrogens is 2. The van der Waals surface area contributed by atoms with E-state index in [1.807, 2.05) is 31.2 Å². The zero-order valence-electron chi connectivity index (χ0n) is 8.42. The van der Waals surface area contributed by atoms with Crippen molar-refractivity contribution in [2.45, 2.75) is 18.9 Å². The minimum Gasteiger partial charge on any atom is -0.476 e. The fourth-order valence-corrected chi connectivity index (χ4v) is 1.61. The molecular formula is C11H12N2O2. The van der Waals surface area contributed by atoms with Crippen molar-refractivity contribution < 1.29 is 9.90 Å². The summed E-state index contributed by atoms with van der Waals surface area (Å²) >= 11 is 0. The van der Waals surface area contributed by atoms with Crippen molar-refractivity contribution in [1.29, 1.82) is 0 Å². The number of aromatic carboxylic acids is 1. The predicted molar refractivity (Wildman–Crippen MR) is 55.7 cm³/mol. The quantitative estimate of drug-likeness (QED) is 0.799. The molecule has 1 aliphatic carbocycles. The highest BCUT2D eigenvalue weighted by molar-refractivity contribution is 5.85. The highest BCUT2D eigenvalue weighted by Gasteiger charge is 2.24. The van der Waals surface area contributed by atoms with E-state index in [0.717, 1.165) is 6.42 Å². The van der Waals surface area contributed by atoms with Crippen LogP contribution in [0, 0.1) is 0 Å². The maximum Gasteiger partial charge on any atom is 0.356 e. The lowest BCUT2D eigenvalue weighted by atomic mass is 9.94. The molecule has 1 atom stereocenters. The normalized spacial score (nSPS) is 24.3. The second-order valence-electron chi connectivity index (χ2n) is 3.80. The summed E-state index contributed by atoms with van der Waals surface area (Å²) < 4.78 is 1.69. The minimum atomic E-state index is -0.993. The van der Waals surface area contributed by atoms with Gasteiger partial charge in [-0.2, -0.15) is 5.10 Å². The third-order valence-corrected chi connectivity index (χ3v) is 2.57. The van der Waals surface area contributed by atoms with Crippen LogP contribution in [0.1, 0.15) is 23.8 Å². The number of carbonyl (C=O) groups is 1. The zero-order valence-corrected chi connectivity index (χ0v) is 8.42. The number of carboxylic acid groups (broad SMARTS) is 1. The van der Waals surface area contributed by atoms with Crippen LogP contribution in [0.3, 0.4) is 0 Å². The smallest absolute Gasteiger partial charge is 0.356 e. The molecule has 1 heterocycles. The van der Waals surface area contributed by atoms with Gasteiger partial charge in [0.15, 0.2) is 5.69 Å². The van der Waals surface area contributed by atoms with Gasteiger partial charge in [0.2, 0.25) is 0 Å². The highest BCUT2D eigenvalue weighted by atomic mass is 16.4. The van der Waals surface area contributed by atoms with E-state index in [2.05, 4.69) is 5.10 Å². The molecule has 0 aromatic carbocycles. The molecule has 1 N–H and O–H groups in total. The Morgan fingerprint density at radius 2 is 2.40 bits per heavy atom. The van der Waals surface area contributed by atoms with Crippen LogP contribution in [-0.4, -0.2) is 20.9 Å². The van der Waals surface area contributed by atoms with Gasteiger partial charge in [0.25, 0.3) is 0 Å². The molecule has 0 amide bonds. The lowest BCUT2D eigenvalue weighted by Gasteiger charge is -2.26. The lowest BCUT2D eigenvalue weighted by molar-refractivity contribution is 0.0688. The minimum absolute atomic E-state index is 0.0826. The number of hydrogen-bond donors (Lipinski definition) is 1. The molecule has 1 aromatic heterocycles. The molecule has 0 aliphatic heterocycles. The van der Waals surface area contributed by atoms with Gasteiger partial charge in [-0.3, -0.25) is 4.68 Å². The van der Waals surface area contributed by atoms with E-state index < -0.39 is 5.97 Å². The van der Waals surface area contributed by atoms with Gasteiger partial charge in [-0.15, -0.1) is 0 Å². The van der Waals surface area contributed by atoms with Gasteiger partial charge >= 0.3 is 5.97 Å². The zero-order chi connectivity index (χ0) is 10.9. The largest absolute Gasteiger partial charge is 0.476 e. The Kier molecular flexibility index (Phi) is 2.19. The van der Waals surface area contributed by atoms with Crippen molar-refractivity contribution in [3.8, 4) is 0 Å². The van der Waals surface area contributed by atoms with E-state index in [-0.39, 0.29) is 11.2 Å². The molecule has 0 spiro atoms. The van der Waals surface area contributed by atoms with E-state index in [4.69, 9.17) is 5.11 Å². The van der Waals surface area contributed by atoms with Gasteiger partial charge in [-0.25, -0.2) is 4.79 Å². The Labute approximate surface area is 87.5 Å². The average molecular weight is 204 g/mol. The van der Waals surface area contributed by atoms with Crippen LogP contribution in [0.4, 0.5) is 0 Å². The molecule has 1 aromatic rings. The summed E-state index contributed by atoms with van der Waals surface area (Å²) in [7, 11) is 0. The maximum absolute atomic E-state index is 10.7.